The molecule has 5 atom stereocenters. The summed E-state index contributed by atoms with van der Waals surface area (Å²) in [5.41, 5.74) is 0.173. The first-order chi connectivity index (χ1) is 12.6. The van der Waals surface area contributed by atoms with Crippen molar-refractivity contribution in [2.45, 2.75) is 48.9 Å². The van der Waals surface area contributed by atoms with E-state index in [0.717, 1.165) is 0 Å². The number of hydrogen-bond acceptors (Lipinski definition) is 8. The second-order valence-electron chi connectivity index (χ2n) is 6.16. The SMILES string of the molecule is CCCO[C@@H]1O[C@H](CNC(=O)c2ccc(S(N)(=O)=O)cc2)[C@H](O)[C@H](O)[C@H]1O. The van der Waals surface area contributed by atoms with Gasteiger partial charge in [-0.15, -0.1) is 0 Å². The molecule has 0 bridgehead atoms. The lowest BCUT2D eigenvalue weighted by Crippen LogP contribution is -2.60. The van der Waals surface area contributed by atoms with Crippen molar-refractivity contribution in [3.63, 3.8) is 0 Å². The molecule has 11 heteroatoms. The summed E-state index contributed by atoms with van der Waals surface area (Å²) in [4.78, 5) is 12.1. The molecule has 0 aliphatic carbocycles. The number of carbonyl (C=O) groups is 1. The predicted molar refractivity (Wildman–Crippen MR) is 93.1 cm³/mol. The molecule has 1 aliphatic rings. The number of benzene rings is 1. The number of primary sulfonamides is 1. The highest BCUT2D eigenvalue weighted by molar-refractivity contribution is 7.89. The van der Waals surface area contributed by atoms with E-state index < -0.39 is 46.6 Å². The average molecular weight is 404 g/mol. The van der Waals surface area contributed by atoms with Gasteiger partial charge in [-0.25, -0.2) is 13.6 Å². The van der Waals surface area contributed by atoms with Crippen molar-refractivity contribution >= 4 is 15.9 Å². The fourth-order valence-corrected chi connectivity index (χ4v) is 3.06. The molecule has 1 fully saturated rings. The number of amides is 1. The van der Waals surface area contributed by atoms with Gasteiger partial charge in [0.15, 0.2) is 6.29 Å². The standard InChI is InChI=1S/C16H24N2O8S/c1-2-7-25-16-14(21)13(20)12(19)11(26-16)8-18-15(22)9-3-5-10(6-4-9)27(17,23)24/h3-6,11-14,16,19-21H,2,7-8H2,1H3,(H,18,22)(H2,17,23,24)/t11-,12+,13+,14-,16-/m1/s1. The summed E-state index contributed by atoms with van der Waals surface area (Å²) in [5, 5.41) is 37.4. The highest BCUT2D eigenvalue weighted by atomic mass is 32.2. The summed E-state index contributed by atoms with van der Waals surface area (Å²) in [6.45, 7) is 1.99. The molecule has 0 radical (unpaired) electrons. The van der Waals surface area contributed by atoms with Crippen molar-refractivity contribution in [2.75, 3.05) is 13.2 Å². The first kappa shape index (κ1) is 21.7. The normalized spacial score (nSPS) is 28.7. The van der Waals surface area contributed by atoms with Gasteiger partial charge in [0.05, 0.1) is 4.90 Å². The third-order valence-electron chi connectivity index (χ3n) is 4.06. The Labute approximate surface area is 156 Å². The summed E-state index contributed by atoms with van der Waals surface area (Å²) in [6, 6.07) is 4.98. The Kier molecular flexibility index (Phi) is 7.28. The van der Waals surface area contributed by atoms with Gasteiger partial charge in [-0.3, -0.25) is 4.79 Å². The van der Waals surface area contributed by atoms with E-state index in [4.69, 9.17) is 14.6 Å². The van der Waals surface area contributed by atoms with Crippen LogP contribution in [0.25, 0.3) is 0 Å². The molecule has 27 heavy (non-hydrogen) atoms. The molecule has 0 saturated carbocycles. The molecule has 1 heterocycles. The Hall–Kier alpha value is -1.60. The van der Waals surface area contributed by atoms with Crippen LogP contribution < -0.4 is 10.5 Å². The van der Waals surface area contributed by atoms with Crippen molar-refractivity contribution in [1.82, 2.24) is 5.32 Å². The Balaban J connectivity index is 1.98. The lowest BCUT2D eigenvalue weighted by molar-refractivity contribution is -0.295. The van der Waals surface area contributed by atoms with Crippen LogP contribution in [-0.4, -0.2) is 73.5 Å². The van der Waals surface area contributed by atoms with Gasteiger partial charge in [0.25, 0.3) is 5.91 Å². The summed E-state index contributed by atoms with van der Waals surface area (Å²) in [7, 11) is -3.86. The number of nitrogens with one attached hydrogen (secondary N) is 1. The molecule has 10 nitrogen and oxygen atoms in total. The van der Waals surface area contributed by atoms with Gasteiger partial charge in [0.2, 0.25) is 10.0 Å². The van der Waals surface area contributed by atoms with Crippen LogP contribution in [0.2, 0.25) is 0 Å². The van der Waals surface area contributed by atoms with Gasteiger partial charge in [0.1, 0.15) is 24.4 Å². The highest BCUT2D eigenvalue weighted by Gasteiger charge is 2.44. The van der Waals surface area contributed by atoms with E-state index in [1.54, 1.807) is 0 Å². The van der Waals surface area contributed by atoms with Gasteiger partial charge in [-0.1, -0.05) is 6.92 Å². The summed E-state index contributed by atoms with van der Waals surface area (Å²) in [5.74, 6) is -0.543. The first-order valence-electron chi connectivity index (χ1n) is 8.37. The Morgan fingerprint density at radius 2 is 1.81 bits per heavy atom. The van der Waals surface area contributed by atoms with E-state index in [1.807, 2.05) is 6.92 Å². The molecule has 0 unspecified atom stereocenters. The summed E-state index contributed by atoms with van der Waals surface area (Å²) < 4.78 is 33.2. The van der Waals surface area contributed by atoms with Gasteiger partial charge in [-0.2, -0.15) is 0 Å². The predicted octanol–water partition coefficient (Wildman–Crippen LogP) is -1.70. The minimum absolute atomic E-state index is 0.127. The fourth-order valence-electron chi connectivity index (χ4n) is 2.55. The average Bonchev–Trinajstić information content (AvgIpc) is 2.64. The van der Waals surface area contributed by atoms with E-state index >= 15 is 0 Å². The zero-order valence-electron chi connectivity index (χ0n) is 14.7. The van der Waals surface area contributed by atoms with Gasteiger partial charge in [0, 0.05) is 18.7 Å². The topological polar surface area (TPSA) is 168 Å². The van der Waals surface area contributed by atoms with Crippen molar-refractivity contribution in [3.05, 3.63) is 29.8 Å². The molecular formula is C16H24N2O8S. The molecule has 1 saturated heterocycles. The molecule has 2 rings (SSSR count). The van der Waals surface area contributed by atoms with Crippen LogP contribution in [0, 0.1) is 0 Å². The lowest BCUT2D eigenvalue weighted by Gasteiger charge is -2.40. The van der Waals surface area contributed by atoms with E-state index in [1.165, 1.54) is 24.3 Å². The molecule has 0 spiro atoms. The fraction of sp³-hybridized carbons (Fsp3) is 0.562. The van der Waals surface area contributed by atoms with Gasteiger partial charge >= 0.3 is 0 Å². The quantitative estimate of drug-likeness (QED) is 0.358. The number of aliphatic hydroxyl groups excluding tert-OH is 3. The Morgan fingerprint density at radius 3 is 2.37 bits per heavy atom. The van der Waals surface area contributed by atoms with Crippen molar-refractivity contribution in [2.24, 2.45) is 5.14 Å². The maximum absolute atomic E-state index is 12.2. The molecule has 1 aromatic rings. The number of aliphatic hydroxyl groups is 3. The Bertz CT molecular complexity index is 739. The molecular weight excluding hydrogens is 380 g/mol. The van der Waals surface area contributed by atoms with E-state index in [9.17, 15) is 28.5 Å². The number of sulfonamides is 1. The van der Waals surface area contributed by atoms with Crippen molar-refractivity contribution in [1.29, 1.82) is 0 Å². The summed E-state index contributed by atoms with van der Waals surface area (Å²) >= 11 is 0. The monoisotopic (exact) mass is 404 g/mol. The van der Waals surface area contributed by atoms with Crippen LogP contribution >= 0.6 is 0 Å². The van der Waals surface area contributed by atoms with E-state index in [0.29, 0.717) is 13.0 Å². The largest absolute Gasteiger partial charge is 0.388 e. The first-order valence-corrected chi connectivity index (χ1v) is 9.92. The number of nitrogens with two attached hydrogens (primary N) is 1. The zero-order valence-corrected chi connectivity index (χ0v) is 15.5. The lowest BCUT2D eigenvalue weighted by atomic mass is 9.98. The summed E-state index contributed by atoms with van der Waals surface area (Å²) in [6.07, 6.45) is -5.79. The second-order valence-corrected chi connectivity index (χ2v) is 7.73. The minimum atomic E-state index is -3.86. The molecule has 0 aromatic heterocycles. The number of hydrogen-bond donors (Lipinski definition) is 5. The highest BCUT2D eigenvalue weighted by Crippen LogP contribution is 2.22. The molecule has 1 amide bonds. The van der Waals surface area contributed by atoms with Crippen LogP contribution in [0.4, 0.5) is 0 Å². The van der Waals surface area contributed by atoms with Crippen LogP contribution in [0.1, 0.15) is 23.7 Å². The third-order valence-corrected chi connectivity index (χ3v) is 4.99. The van der Waals surface area contributed by atoms with Crippen LogP contribution in [0.3, 0.4) is 0 Å². The van der Waals surface area contributed by atoms with Crippen LogP contribution in [0.15, 0.2) is 29.2 Å². The maximum Gasteiger partial charge on any atom is 0.251 e. The van der Waals surface area contributed by atoms with Crippen molar-refractivity contribution in [3.8, 4) is 0 Å². The van der Waals surface area contributed by atoms with E-state index in [2.05, 4.69) is 5.32 Å². The third kappa shape index (κ3) is 5.45. The van der Waals surface area contributed by atoms with Crippen LogP contribution in [0.5, 0.6) is 0 Å². The smallest absolute Gasteiger partial charge is 0.251 e. The van der Waals surface area contributed by atoms with E-state index in [-0.39, 0.29) is 17.0 Å². The van der Waals surface area contributed by atoms with Gasteiger partial charge < -0.3 is 30.1 Å². The molecule has 1 aromatic carbocycles. The number of carbonyl (C=O) groups excluding carboxylic acids is 1. The maximum atomic E-state index is 12.2. The van der Waals surface area contributed by atoms with Crippen molar-refractivity contribution < 1.29 is 38.0 Å². The van der Waals surface area contributed by atoms with Gasteiger partial charge in [-0.05, 0) is 30.7 Å². The minimum Gasteiger partial charge on any atom is -0.388 e. The zero-order chi connectivity index (χ0) is 20.2. The number of ether oxygens (including phenoxy) is 2. The Morgan fingerprint density at radius 1 is 1.19 bits per heavy atom. The molecule has 152 valence electrons. The molecule has 1 aliphatic heterocycles. The van der Waals surface area contributed by atoms with Crippen LogP contribution in [-0.2, 0) is 19.5 Å². The molecule has 6 N–H and O–H groups in total. The number of rotatable bonds is 7. The second kappa shape index (κ2) is 9.06.